The minimum Gasteiger partial charge on any atom is -0.309 e. The van der Waals surface area contributed by atoms with Gasteiger partial charge in [0.2, 0.25) is 0 Å². The zero-order chi connectivity index (χ0) is 34.9. The molecule has 11 aromatic rings. The first-order chi connectivity index (χ1) is 26.3. The van der Waals surface area contributed by atoms with Crippen molar-refractivity contribution >= 4 is 64.9 Å². The standard InChI is InChI=1S/C52H33N/c1-3-14-34(15-4-1)38-28-39(35-16-5-2-6-17-35)30-40(29-38)53-51-25-12-11-23-46(51)50-32-48-45-27-26-37(42-24-13-19-36-18-7-8-20-41(36)42)31-47(45)43-21-9-10-22-44(43)49(48)33-52(50)53/h1-33H. The molecule has 0 fully saturated rings. The number of para-hydroxylation sites is 1. The van der Waals surface area contributed by atoms with Crippen LogP contribution in [0.1, 0.15) is 0 Å². The van der Waals surface area contributed by atoms with Gasteiger partial charge in [0.1, 0.15) is 0 Å². The summed E-state index contributed by atoms with van der Waals surface area (Å²) < 4.78 is 2.48. The Morgan fingerprint density at radius 2 is 0.792 bits per heavy atom. The molecule has 0 spiro atoms. The summed E-state index contributed by atoms with van der Waals surface area (Å²) in [7, 11) is 0. The topological polar surface area (TPSA) is 4.93 Å². The predicted octanol–water partition coefficient (Wildman–Crippen LogP) is 14.4. The SMILES string of the molecule is c1ccc(-c2cc(-c3ccccc3)cc(-n3c4ccccc4c4cc5c6ccc(-c7cccc8ccccc78)cc6c6ccccc6c5cc43)c2)cc1. The lowest BCUT2D eigenvalue weighted by atomic mass is 9.90. The summed E-state index contributed by atoms with van der Waals surface area (Å²) in [6, 6.07) is 73.6. The fraction of sp³-hybridized carbons (Fsp3) is 0. The molecule has 0 radical (unpaired) electrons. The van der Waals surface area contributed by atoms with Gasteiger partial charge in [-0.2, -0.15) is 0 Å². The summed E-state index contributed by atoms with van der Waals surface area (Å²) >= 11 is 0. The lowest BCUT2D eigenvalue weighted by Crippen LogP contribution is -1.96. The van der Waals surface area contributed by atoms with Crippen molar-refractivity contribution in [2.45, 2.75) is 0 Å². The van der Waals surface area contributed by atoms with E-state index in [9.17, 15) is 0 Å². The Bertz CT molecular complexity index is 3140. The number of rotatable bonds is 4. The third-order valence-electron chi connectivity index (χ3n) is 11.1. The van der Waals surface area contributed by atoms with E-state index in [0.29, 0.717) is 0 Å². The van der Waals surface area contributed by atoms with Crippen LogP contribution in [0.5, 0.6) is 0 Å². The molecule has 0 unspecified atom stereocenters. The summed E-state index contributed by atoms with van der Waals surface area (Å²) in [5, 5.41) is 12.7. The van der Waals surface area contributed by atoms with Crippen molar-refractivity contribution < 1.29 is 0 Å². The molecule has 246 valence electrons. The molecular formula is C52H33N. The van der Waals surface area contributed by atoms with Crippen LogP contribution in [0.15, 0.2) is 200 Å². The number of fused-ring (bicyclic) bond motifs is 10. The molecule has 0 aliphatic heterocycles. The van der Waals surface area contributed by atoms with Gasteiger partial charge in [-0.05, 0) is 119 Å². The molecule has 1 nitrogen and oxygen atoms in total. The van der Waals surface area contributed by atoms with Crippen molar-refractivity contribution in [3.8, 4) is 39.1 Å². The van der Waals surface area contributed by atoms with Gasteiger partial charge in [0, 0.05) is 16.5 Å². The number of nitrogens with zero attached hydrogens (tertiary/aromatic N) is 1. The maximum Gasteiger partial charge on any atom is 0.0547 e. The Morgan fingerprint density at radius 3 is 1.51 bits per heavy atom. The summed E-state index contributed by atoms with van der Waals surface area (Å²) in [4.78, 5) is 0. The first-order valence-electron chi connectivity index (χ1n) is 18.3. The maximum absolute atomic E-state index is 2.48. The number of aromatic nitrogens is 1. The Kier molecular flexibility index (Phi) is 6.62. The fourth-order valence-electron chi connectivity index (χ4n) is 8.67. The molecule has 0 amide bonds. The van der Waals surface area contributed by atoms with Gasteiger partial charge in [0.15, 0.2) is 0 Å². The minimum atomic E-state index is 1.15. The Labute approximate surface area is 307 Å². The monoisotopic (exact) mass is 671 g/mol. The van der Waals surface area contributed by atoms with Crippen LogP contribution >= 0.6 is 0 Å². The number of benzene rings is 10. The molecular weight excluding hydrogens is 639 g/mol. The third kappa shape index (κ3) is 4.71. The number of hydrogen-bond acceptors (Lipinski definition) is 0. The molecule has 10 aromatic carbocycles. The summed E-state index contributed by atoms with van der Waals surface area (Å²) in [6.07, 6.45) is 0. The highest BCUT2D eigenvalue weighted by Gasteiger charge is 2.18. The Balaban J connectivity index is 1.22. The van der Waals surface area contributed by atoms with Gasteiger partial charge < -0.3 is 4.57 Å². The summed E-state index contributed by atoms with van der Waals surface area (Å²) in [5.74, 6) is 0. The lowest BCUT2D eigenvalue weighted by molar-refractivity contribution is 1.18. The van der Waals surface area contributed by atoms with Crippen LogP contribution in [-0.2, 0) is 0 Å². The van der Waals surface area contributed by atoms with Crippen molar-refractivity contribution in [3.05, 3.63) is 200 Å². The maximum atomic E-state index is 2.48. The molecule has 11 rings (SSSR count). The fourth-order valence-corrected chi connectivity index (χ4v) is 8.67. The van der Waals surface area contributed by atoms with Crippen LogP contribution < -0.4 is 0 Å². The van der Waals surface area contributed by atoms with Gasteiger partial charge in [-0.15, -0.1) is 0 Å². The average molecular weight is 672 g/mol. The molecule has 0 aliphatic rings. The van der Waals surface area contributed by atoms with Crippen LogP contribution in [0, 0.1) is 0 Å². The molecule has 0 atom stereocenters. The molecule has 0 bridgehead atoms. The normalized spacial score (nSPS) is 11.8. The van der Waals surface area contributed by atoms with E-state index in [-0.39, 0.29) is 0 Å². The third-order valence-corrected chi connectivity index (χ3v) is 11.1. The van der Waals surface area contributed by atoms with Gasteiger partial charge in [-0.1, -0.05) is 158 Å². The predicted molar refractivity (Wildman–Crippen MR) is 227 cm³/mol. The lowest BCUT2D eigenvalue weighted by Gasteiger charge is -2.15. The van der Waals surface area contributed by atoms with Crippen LogP contribution in [0.2, 0.25) is 0 Å². The molecule has 1 aromatic heterocycles. The molecule has 0 saturated heterocycles. The highest BCUT2D eigenvalue weighted by molar-refractivity contribution is 6.29. The largest absolute Gasteiger partial charge is 0.309 e. The van der Waals surface area contributed by atoms with Crippen molar-refractivity contribution in [3.63, 3.8) is 0 Å². The van der Waals surface area contributed by atoms with Crippen molar-refractivity contribution in [2.24, 2.45) is 0 Å². The van der Waals surface area contributed by atoms with E-state index in [0.717, 1.165) is 5.69 Å². The average Bonchev–Trinajstić information content (AvgIpc) is 3.56. The van der Waals surface area contributed by atoms with Gasteiger partial charge in [0.25, 0.3) is 0 Å². The van der Waals surface area contributed by atoms with Crippen LogP contribution in [0.4, 0.5) is 0 Å². The second-order valence-corrected chi connectivity index (χ2v) is 14.1. The van der Waals surface area contributed by atoms with Crippen LogP contribution in [0.25, 0.3) is 104 Å². The Morgan fingerprint density at radius 1 is 0.245 bits per heavy atom. The zero-order valence-electron chi connectivity index (χ0n) is 29.0. The first-order valence-corrected chi connectivity index (χ1v) is 18.3. The van der Waals surface area contributed by atoms with Crippen LogP contribution in [0.3, 0.4) is 0 Å². The van der Waals surface area contributed by atoms with E-state index in [2.05, 4.69) is 205 Å². The quantitative estimate of drug-likeness (QED) is 0.164. The van der Waals surface area contributed by atoms with E-state index < -0.39 is 0 Å². The van der Waals surface area contributed by atoms with E-state index in [1.54, 1.807) is 0 Å². The highest BCUT2D eigenvalue weighted by Crippen LogP contribution is 2.43. The molecule has 0 N–H and O–H groups in total. The Hall–Kier alpha value is -6.96. The van der Waals surface area contributed by atoms with Gasteiger partial charge in [-0.3, -0.25) is 0 Å². The zero-order valence-corrected chi connectivity index (χ0v) is 29.0. The van der Waals surface area contributed by atoms with E-state index >= 15 is 0 Å². The van der Waals surface area contributed by atoms with Crippen molar-refractivity contribution in [2.75, 3.05) is 0 Å². The molecule has 53 heavy (non-hydrogen) atoms. The number of hydrogen-bond donors (Lipinski definition) is 0. The van der Waals surface area contributed by atoms with Gasteiger partial charge in [0.05, 0.1) is 11.0 Å². The van der Waals surface area contributed by atoms with Gasteiger partial charge >= 0.3 is 0 Å². The first kappa shape index (κ1) is 29.7. The van der Waals surface area contributed by atoms with E-state index in [1.807, 2.05) is 0 Å². The van der Waals surface area contributed by atoms with Crippen molar-refractivity contribution in [1.82, 2.24) is 4.57 Å². The summed E-state index contributed by atoms with van der Waals surface area (Å²) in [5.41, 5.74) is 10.9. The molecule has 1 heterocycles. The summed E-state index contributed by atoms with van der Waals surface area (Å²) in [6.45, 7) is 0. The smallest absolute Gasteiger partial charge is 0.0547 e. The second-order valence-electron chi connectivity index (χ2n) is 14.1. The second kappa shape index (κ2) is 11.8. The molecule has 1 heteroatoms. The van der Waals surface area contributed by atoms with Crippen LogP contribution in [-0.4, -0.2) is 4.57 Å². The molecule has 0 aliphatic carbocycles. The van der Waals surface area contributed by atoms with Crippen molar-refractivity contribution in [1.29, 1.82) is 0 Å². The van der Waals surface area contributed by atoms with E-state index in [4.69, 9.17) is 0 Å². The van der Waals surface area contributed by atoms with Gasteiger partial charge in [-0.25, -0.2) is 0 Å². The molecule has 0 saturated carbocycles. The minimum absolute atomic E-state index is 1.15. The van der Waals surface area contributed by atoms with E-state index in [1.165, 1.54) is 98.3 Å². The highest BCUT2D eigenvalue weighted by atomic mass is 15.0.